The van der Waals surface area contributed by atoms with E-state index in [1.54, 1.807) is 30.8 Å². The number of hydrogen-bond acceptors (Lipinski definition) is 24. The number of benzene rings is 2. The molecule has 2 aromatic rings. The van der Waals surface area contributed by atoms with E-state index < -0.39 is 92.1 Å². The second kappa shape index (κ2) is 27.5. The number of methoxy groups -OCH3 is 2. The zero-order chi connectivity index (χ0) is 57.8. The number of aliphatic hydroxyl groups excluding tert-OH is 1. The van der Waals surface area contributed by atoms with Gasteiger partial charge in [-0.05, 0) is 92.3 Å². The van der Waals surface area contributed by atoms with Crippen LogP contribution in [0.5, 0.6) is 0 Å². The standard InChI is InChI=1S/C51H69N3O22S3/c1-50(14-6-30-77(60,61)62)39-31-35(78(63,64)65)9-11-42(39)53(17-19-71-22-23-73-26-27-75-29-28-74-25-24-72-21-20-70-4)43(50)33-37-48(58)38(49(37)59)34-44-51(2,15-18-69-3)40-32-36(79(66,67)68)8-10-41(40)52(44)16-5-7-47(57)76-54-45(55)12-13-46(54)56/h8-11,31-34,43,58H,5-7,12-30H2,1-4H3,(H,60,61,62)(H,63,64,65)(H,66,67,68)/p-3/b37-33-,44-34+. The van der Waals surface area contributed by atoms with Crippen molar-refractivity contribution >= 4 is 65.3 Å². The van der Waals surface area contributed by atoms with Gasteiger partial charge in [0, 0.05) is 86.8 Å². The summed E-state index contributed by atoms with van der Waals surface area (Å²) in [5.74, 6) is -4.21. The minimum Gasteiger partial charge on any atom is -0.748 e. The Morgan fingerprint density at radius 2 is 1.20 bits per heavy atom. The van der Waals surface area contributed by atoms with E-state index in [2.05, 4.69) is 0 Å². The minimum atomic E-state index is -5.03. The molecule has 0 aromatic heterocycles. The number of rotatable bonds is 34. The number of amides is 2. The van der Waals surface area contributed by atoms with Crippen LogP contribution < -0.4 is 9.80 Å². The third-order valence-electron chi connectivity index (χ3n) is 14.0. The fourth-order valence-electron chi connectivity index (χ4n) is 9.92. The highest BCUT2D eigenvalue weighted by atomic mass is 32.2. The van der Waals surface area contributed by atoms with Crippen LogP contribution >= 0.6 is 0 Å². The van der Waals surface area contributed by atoms with E-state index in [1.807, 2.05) is 0 Å². The number of ether oxygens (including phenoxy) is 7. The van der Waals surface area contributed by atoms with Crippen molar-refractivity contribution in [1.82, 2.24) is 5.06 Å². The van der Waals surface area contributed by atoms with E-state index in [4.69, 9.17) is 38.0 Å². The van der Waals surface area contributed by atoms with E-state index in [-0.39, 0.29) is 108 Å². The molecule has 1 fully saturated rings. The SMILES string of the molecule is COCCOCCOCCOCCOCCOCCN1c2ccc(S(=O)(=O)[O-])cc2C(C)(CCCS(=O)(=O)[O-])C1/C=C1\C(=O)C(/C=C2/N(CCCC(=O)ON3C(=O)CCC3=O)c3ccc(S(=O)(=O)[O-])cc3C2(C)CCOC)=C1O. The Morgan fingerprint density at radius 3 is 1.72 bits per heavy atom. The first-order valence-electron chi connectivity index (χ1n) is 25.4. The van der Waals surface area contributed by atoms with Crippen molar-refractivity contribution in [2.75, 3.05) is 122 Å². The van der Waals surface area contributed by atoms with Gasteiger partial charge in [-0.25, -0.2) is 30.0 Å². The highest BCUT2D eigenvalue weighted by Gasteiger charge is 2.50. The topological polar surface area (TPSA) is 344 Å². The van der Waals surface area contributed by atoms with Crippen molar-refractivity contribution in [3.8, 4) is 0 Å². The molecule has 3 heterocycles. The van der Waals surface area contributed by atoms with Crippen LogP contribution in [0.15, 0.2) is 80.9 Å². The number of fused-ring (bicyclic) bond motifs is 2. The van der Waals surface area contributed by atoms with Crippen molar-refractivity contribution in [2.24, 2.45) is 0 Å². The summed E-state index contributed by atoms with van der Waals surface area (Å²) in [4.78, 5) is 59.0. The molecule has 1 N–H and O–H groups in total. The molecule has 2 amide bonds. The first kappa shape index (κ1) is 63.0. The number of anilines is 2. The number of nitrogens with zero attached hydrogens (tertiary/aromatic N) is 3. The predicted molar refractivity (Wildman–Crippen MR) is 275 cm³/mol. The fraction of sp³-hybridized carbons (Fsp3) is 0.569. The van der Waals surface area contributed by atoms with Crippen LogP contribution in [0.2, 0.25) is 0 Å². The number of allylic oxidation sites excluding steroid dienone is 4. The van der Waals surface area contributed by atoms with Crippen LogP contribution in [-0.4, -0.2) is 191 Å². The highest BCUT2D eigenvalue weighted by molar-refractivity contribution is 7.86. The van der Waals surface area contributed by atoms with E-state index >= 15 is 0 Å². The normalized spacial score (nSPS) is 21.5. The van der Waals surface area contributed by atoms with Crippen LogP contribution in [0.1, 0.15) is 69.9 Å². The second-order valence-electron chi connectivity index (χ2n) is 19.3. The summed E-state index contributed by atoms with van der Waals surface area (Å²) in [6.07, 6.45) is 2.18. The lowest BCUT2D eigenvalue weighted by atomic mass is 9.72. The van der Waals surface area contributed by atoms with Gasteiger partial charge in [-0.15, -0.1) is 5.06 Å². The van der Waals surface area contributed by atoms with Crippen molar-refractivity contribution in [3.05, 3.63) is 82.3 Å². The molecule has 1 aliphatic carbocycles. The van der Waals surface area contributed by atoms with Crippen molar-refractivity contribution in [3.63, 3.8) is 0 Å². The lowest BCUT2D eigenvalue weighted by molar-refractivity contribution is -0.197. The van der Waals surface area contributed by atoms with Gasteiger partial charge in [-0.2, -0.15) is 0 Å². The average molecular weight is 1170 g/mol. The summed E-state index contributed by atoms with van der Waals surface area (Å²) >= 11 is 0. The number of aliphatic hydroxyl groups is 1. The molecule has 79 heavy (non-hydrogen) atoms. The van der Waals surface area contributed by atoms with Crippen LogP contribution in [0.3, 0.4) is 0 Å². The van der Waals surface area contributed by atoms with Crippen molar-refractivity contribution in [1.29, 1.82) is 0 Å². The van der Waals surface area contributed by atoms with Crippen LogP contribution in [-0.2, 0) is 98.4 Å². The summed E-state index contributed by atoms with van der Waals surface area (Å²) < 4.78 is 148. The Bertz CT molecular complexity index is 2980. The number of hydroxylamine groups is 2. The molecule has 28 heteroatoms. The molecule has 0 saturated carbocycles. The van der Waals surface area contributed by atoms with Gasteiger partial charge in [0.2, 0.25) is 0 Å². The predicted octanol–water partition coefficient (Wildman–Crippen LogP) is 2.40. The van der Waals surface area contributed by atoms with Gasteiger partial charge in [0.15, 0.2) is 5.78 Å². The van der Waals surface area contributed by atoms with Crippen molar-refractivity contribution < 1.29 is 101 Å². The summed E-state index contributed by atoms with van der Waals surface area (Å²) in [5, 5.41) is 12.4. The van der Waals surface area contributed by atoms with Gasteiger partial charge >= 0.3 is 5.97 Å². The maximum Gasteiger partial charge on any atom is 0.333 e. The smallest absolute Gasteiger partial charge is 0.333 e. The highest BCUT2D eigenvalue weighted by Crippen LogP contribution is 2.53. The first-order valence-corrected chi connectivity index (χ1v) is 29.8. The molecule has 25 nitrogen and oxygen atoms in total. The van der Waals surface area contributed by atoms with Gasteiger partial charge in [0.1, 0.15) is 26.0 Å². The van der Waals surface area contributed by atoms with Gasteiger partial charge in [0.05, 0.1) is 110 Å². The number of carbonyl (C=O) groups excluding carboxylic acids is 4. The molecule has 0 radical (unpaired) electrons. The zero-order valence-electron chi connectivity index (χ0n) is 44.3. The molecule has 438 valence electrons. The summed E-state index contributed by atoms with van der Waals surface area (Å²) in [5.41, 5.74) is -1.18. The van der Waals surface area contributed by atoms with Crippen LogP contribution in [0, 0.1) is 0 Å². The molecule has 3 unspecified atom stereocenters. The fourth-order valence-corrected chi connectivity index (χ4v) is 11.4. The molecule has 3 atom stereocenters. The average Bonchev–Trinajstić information content (AvgIpc) is 4.18. The number of Topliss-reactive ketones (excluding diaryl/α,β-unsaturated/α-hetero) is 1. The summed E-state index contributed by atoms with van der Waals surface area (Å²) in [6.45, 7) is 6.95. The lowest BCUT2D eigenvalue weighted by Gasteiger charge is -2.37. The molecular formula is C51H66N3O22S3-3. The molecule has 1 saturated heterocycles. The van der Waals surface area contributed by atoms with E-state index in [1.165, 1.54) is 43.5 Å². The van der Waals surface area contributed by atoms with Crippen molar-refractivity contribution in [2.45, 2.75) is 85.5 Å². The summed E-state index contributed by atoms with van der Waals surface area (Å²) in [6, 6.07) is 6.45. The maximum absolute atomic E-state index is 14.6. The largest absolute Gasteiger partial charge is 0.748 e. The number of imide groups is 1. The molecule has 3 aliphatic heterocycles. The Hall–Kier alpha value is -5.21. The van der Waals surface area contributed by atoms with Gasteiger partial charge < -0.3 is 66.6 Å². The molecule has 0 spiro atoms. The van der Waals surface area contributed by atoms with E-state index in [9.17, 15) is 63.2 Å². The number of ketones is 1. The van der Waals surface area contributed by atoms with Gasteiger partial charge in [0.25, 0.3) is 11.8 Å². The Balaban J connectivity index is 1.27. The minimum absolute atomic E-state index is 0.00730. The van der Waals surface area contributed by atoms with E-state index in [0.29, 0.717) is 73.9 Å². The molecule has 6 rings (SSSR count). The quantitative estimate of drug-likeness (QED) is 0.0455. The lowest BCUT2D eigenvalue weighted by Crippen LogP contribution is -2.44. The first-order chi connectivity index (χ1) is 37.4. The third-order valence-corrected chi connectivity index (χ3v) is 16.5. The van der Waals surface area contributed by atoms with Crippen LogP contribution in [0.4, 0.5) is 11.4 Å². The zero-order valence-corrected chi connectivity index (χ0v) is 46.8. The molecular weight excluding hydrogens is 1100 g/mol. The molecule has 0 bridgehead atoms. The van der Waals surface area contributed by atoms with Gasteiger partial charge in [-0.1, -0.05) is 6.92 Å². The molecule has 2 aromatic carbocycles. The molecule has 4 aliphatic rings. The number of hydrogen-bond donors (Lipinski definition) is 1. The van der Waals surface area contributed by atoms with Gasteiger partial charge in [-0.3, -0.25) is 14.4 Å². The van der Waals surface area contributed by atoms with E-state index in [0.717, 1.165) is 12.1 Å². The summed E-state index contributed by atoms with van der Waals surface area (Å²) in [7, 11) is -11.7. The third kappa shape index (κ3) is 15.8. The maximum atomic E-state index is 14.6. The second-order valence-corrected chi connectivity index (χ2v) is 23.6. The Morgan fingerprint density at radius 1 is 0.684 bits per heavy atom. The Kier molecular flexibility index (Phi) is 21.9. The van der Waals surface area contributed by atoms with Crippen LogP contribution in [0.25, 0.3) is 0 Å². The Labute approximate surface area is 459 Å². The number of carbonyl (C=O) groups is 4. The monoisotopic (exact) mass is 1170 g/mol.